The van der Waals surface area contributed by atoms with E-state index < -0.39 is 0 Å². The van der Waals surface area contributed by atoms with Gasteiger partial charge in [-0.3, -0.25) is 58.0 Å². The molecule has 0 bridgehead atoms. The highest BCUT2D eigenvalue weighted by atomic mass is 16.2. The first-order valence-electron chi connectivity index (χ1n) is 19.8. The summed E-state index contributed by atoms with van der Waals surface area (Å²) in [4.78, 5) is 111. The van der Waals surface area contributed by atoms with Crippen molar-refractivity contribution in [3.8, 4) is 0 Å². The van der Waals surface area contributed by atoms with Gasteiger partial charge in [0.2, 0.25) is 0 Å². The number of fused-ring (bicyclic) bond motifs is 4. The molecule has 0 aromatic heterocycles. The van der Waals surface area contributed by atoms with Gasteiger partial charge in [0.25, 0.3) is 47.3 Å². The van der Waals surface area contributed by atoms with E-state index in [0.29, 0.717) is 107 Å². The van der Waals surface area contributed by atoms with Crippen LogP contribution in [0.5, 0.6) is 0 Å². The van der Waals surface area contributed by atoms with Gasteiger partial charge >= 0.3 is 0 Å². The molecule has 0 aliphatic carbocycles. The molecule has 0 fully saturated rings. The predicted molar refractivity (Wildman–Crippen MR) is 210 cm³/mol. The Balaban J connectivity index is 1.01. The van der Waals surface area contributed by atoms with E-state index in [1.807, 2.05) is 0 Å². The van der Waals surface area contributed by atoms with Crippen molar-refractivity contribution < 1.29 is 42.8 Å². The first-order valence-corrected chi connectivity index (χ1v) is 19.8. The third-order valence-electron chi connectivity index (χ3n) is 11.8. The smallest absolute Gasteiger partial charge is 0.261 e. The van der Waals surface area contributed by atoms with Gasteiger partial charge in [-0.25, -0.2) is 0 Å². The van der Waals surface area contributed by atoms with E-state index in [9.17, 15) is 38.4 Å². The second-order valence-electron chi connectivity index (χ2n) is 15.2. The van der Waals surface area contributed by atoms with Crippen LogP contribution < -0.4 is 0 Å². The number of carbonyl (C=O) groups is 8. The van der Waals surface area contributed by atoms with E-state index in [1.54, 1.807) is 97.1 Å². The van der Waals surface area contributed by atoms with Gasteiger partial charge in [-0.1, -0.05) is 48.5 Å². The Morgan fingerprint density at radius 2 is 0.466 bits per heavy atom. The van der Waals surface area contributed by atoms with Gasteiger partial charge in [0.15, 0.2) is 0 Å². The molecule has 13 nitrogen and oxygen atoms in total. The SMILES string of the molecule is O=C1c2ccccc2C(=O)N1CCCC[N+](CCCN1C(=O)c2ccccc2C1=O)(CCCN1C(=O)c2ccccc2C1=O)CCCN1C(=O)c2ccccc2C1=O. The van der Waals surface area contributed by atoms with Gasteiger partial charge in [-0.2, -0.15) is 0 Å². The van der Waals surface area contributed by atoms with Gasteiger partial charge in [0.05, 0.1) is 70.7 Å². The van der Waals surface area contributed by atoms with Gasteiger partial charge in [-0.05, 0) is 61.4 Å². The van der Waals surface area contributed by atoms with Crippen molar-refractivity contribution in [3.63, 3.8) is 0 Å². The summed E-state index contributed by atoms with van der Waals surface area (Å²) in [6.45, 7) is 2.73. The Labute approximate surface area is 335 Å². The molecule has 0 radical (unpaired) electrons. The molecule has 294 valence electrons. The number of nitrogens with zero attached hydrogens (tertiary/aromatic N) is 5. The van der Waals surface area contributed by atoms with Gasteiger partial charge in [0.1, 0.15) is 0 Å². The molecule has 4 aromatic carbocycles. The zero-order valence-corrected chi connectivity index (χ0v) is 31.9. The minimum absolute atomic E-state index is 0.165. The van der Waals surface area contributed by atoms with Crippen molar-refractivity contribution >= 4 is 47.3 Å². The summed E-state index contributed by atoms with van der Waals surface area (Å²) in [7, 11) is 0. The van der Waals surface area contributed by atoms with Crippen LogP contribution in [0.3, 0.4) is 0 Å². The fourth-order valence-electron chi connectivity index (χ4n) is 8.85. The zero-order chi connectivity index (χ0) is 40.6. The number of rotatable bonds is 17. The van der Waals surface area contributed by atoms with E-state index >= 15 is 0 Å². The lowest BCUT2D eigenvalue weighted by atomic mass is 10.1. The Morgan fingerprint density at radius 1 is 0.276 bits per heavy atom. The molecule has 0 saturated heterocycles. The maximum absolute atomic E-state index is 13.3. The molecule has 4 heterocycles. The molecule has 0 spiro atoms. The Bertz CT molecular complexity index is 2070. The largest absolute Gasteiger partial charge is 0.323 e. The van der Waals surface area contributed by atoms with E-state index in [1.165, 1.54) is 19.6 Å². The Kier molecular flexibility index (Phi) is 10.4. The fraction of sp³-hybridized carbons (Fsp3) is 0.289. The summed E-state index contributed by atoms with van der Waals surface area (Å²) in [5, 5.41) is 0. The van der Waals surface area contributed by atoms with Crippen molar-refractivity contribution in [2.45, 2.75) is 32.1 Å². The summed E-state index contributed by atoms with van der Waals surface area (Å²) in [5.74, 6) is -2.77. The van der Waals surface area contributed by atoms with E-state index in [2.05, 4.69) is 0 Å². The van der Waals surface area contributed by atoms with Crippen LogP contribution in [0.4, 0.5) is 0 Å². The molecule has 0 unspecified atom stereocenters. The van der Waals surface area contributed by atoms with Crippen LogP contribution in [0.2, 0.25) is 0 Å². The van der Waals surface area contributed by atoms with Crippen molar-refractivity contribution in [3.05, 3.63) is 142 Å². The first-order chi connectivity index (χ1) is 28.1. The molecular weight excluding hydrogens is 739 g/mol. The molecule has 0 saturated carbocycles. The lowest BCUT2D eigenvalue weighted by Gasteiger charge is -2.40. The minimum Gasteiger partial charge on any atom is -0.323 e. The number of imide groups is 4. The standard InChI is InChI=1S/C45H42N5O8/c51-38-30-14-1-2-15-31(30)39(52)46(38)22-9-10-26-50(27-11-23-47-40(53)32-16-3-4-17-33(32)41(47)54,28-12-24-48-42(55)34-18-5-6-19-35(34)43(48)56)29-13-25-49-44(57)36-20-7-8-21-37(36)45(49)58/h1-8,14-21H,9-13,22-29H2/q+1. The van der Waals surface area contributed by atoms with Gasteiger partial charge in [-0.15, -0.1) is 0 Å². The summed E-state index contributed by atoms with van der Waals surface area (Å²) < 4.78 is 0.414. The number of unbranched alkanes of at least 4 members (excludes halogenated alkanes) is 1. The van der Waals surface area contributed by atoms with Crippen LogP contribution in [-0.2, 0) is 0 Å². The Hall–Kier alpha value is -6.60. The normalized spacial score (nSPS) is 15.9. The Morgan fingerprint density at radius 3 is 0.690 bits per heavy atom. The average molecular weight is 781 g/mol. The molecule has 0 N–H and O–H groups in total. The molecule has 58 heavy (non-hydrogen) atoms. The lowest BCUT2D eigenvalue weighted by molar-refractivity contribution is -0.928. The van der Waals surface area contributed by atoms with Crippen molar-refractivity contribution in [1.29, 1.82) is 0 Å². The molecule has 0 atom stereocenters. The zero-order valence-electron chi connectivity index (χ0n) is 31.9. The quantitative estimate of drug-likeness (QED) is 0.0832. The maximum Gasteiger partial charge on any atom is 0.261 e. The highest BCUT2D eigenvalue weighted by Gasteiger charge is 2.40. The summed E-state index contributed by atoms with van der Waals surface area (Å²) in [6, 6.07) is 26.9. The maximum atomic E-state index is 13.3. The number of quaternary nitrogens is 1. The van der Waals surface area contributed by atoms with E-state index in [0.717, 1.165) is 0 Å². The number of benzene rings is 4. The fourth-order valence-corrected chi connectivity index (χ4v) is 8.85. The van der Waals surface area contributed by atoms with E-state index in [4.69, 9.17) is 0 Å². The monoisotopic (exact) mass is 780 g/mol. The van der Waals surface area contributed by atoms with Crippen LogP contribution in [0.1, 0.15) is 115 Å². The topological polar surface area (TPSA) is 150 Å². The molecule has 4 aromatic rings. The predicted octanol–water partition coefficient (Wildman–Crippen LogP) is 4.94. The first kappa shape index (κ1) is 38.3. The number of amides is 8. The summed E-state index contributed by atoms with van der Waals surface area (Å²) in [5.41, 5.74) is 2.95. The van der Waals surface area contributed by atoms with Crippen LogP contribution in [0.15, 0.2) is 97.1 Å². The van der Waals surface area contributed by atoms with Gasteiger partial charge < -0.3 is 4.48 Å². The van der Waals surface area contributed by atoms with Crippen LogP contribution in [0.25, 0.3) is 0 Å². The molecule has 4 aliphatic rings. The molecular formula is C45H42N5O8+. The summed E-state index contributed by atoms with van der Waals surface area (Å²) >= 11 is 0. The number of hydrogen-bond acceptors (Lipinski definition) is 8. The van der Waals surface area contributed by atoms with Crippen molar-refractivity contribution in [1.82, 2.24) is 19.6 Å². The van der Waals surface area contributed by atoms with Gasteiger partial charge in [0, 0.05) is 45.4 Å². The minimum atomic E-state index is -0.351. The van der Waals surface area contributed by atoms with E-state index in [-0.39, 0.29) is 73.4 Å². The third kappa shape index (κ3) is 6.81. The molecule has 8 amide bonds. The lowest BCUT2D eigenvalue weighted by Crippen LogP contribution is -2.53. The number of hydrogen-bond donors (Lipinski definition) is 0. The average Bonchev–Trinajstić information content (AvgIpc) is 3.83. The second kappa shape index (κ2) is 15.7. The molecule has 13 heteroatoms. The van der Waals surface area contributed by atoms with Crippen molar-refractivity contribution in [2.75, 3.05) is 52.4 Å². The number of carbonyl (C=O) groups excluding carboxylic acids is 8. The van der Waals surface area contributed by atoms with Crippen LogP contribution in [-0.4, -0.2) is 124 Å². The molecule has 4 aliphatic heterocycles. The highest BCUT2D eigenvalue weighted by molar-refractivity contribution is 6.23. The summed E-state index contributed by atoms with van der Waals surface area (Å²) in [6.07, 6.45) is 2.39. The molecule has 8 rings (SSSR count). The second-order valence-corrected chi connectivity index (χ2v) is 15.2. The third-order valence-corrected chi connectivity index (χ3v) is 11.8. The van der Waals surface area contributed by atoms with Crippen molar-refractivity contribution in [2.24, 2.45) is 0 Å². The highest BCUT2D eigenvalue weighted by Crippen LogP contribution is 2.28. The van der Waals surface area contributed by atoms with Crippen LogP contribution >= 0.6 is 0 Å². The van der Waals surface area contributed by atoms with Crippen LogP contribution in [0, 0.1) is 0 Å².